The number of hydrogen-bond acceptors (Lipinski definition) is 3. The largest absolute Gasteiger partial charge is 0.480 e. The van der Waals surface area contributed by atoms with Gasteiger partial charge in [-0.1, -0.05) is 19.3 Å². The van der Waals surface area contributed by atoms with Crippen molar-refractivity contribution in [2.75, 3.05) is 6.54 Å². The summed E-state index contributed by atoms with van der Waals surface area (Å²) >= 11 is 0. The van der Waals surface area contributed by atoms with Gasteiger partial charge in [-0.2, -0.15) is 0 Å². The van der Waals surface area contributed by atoms with Gasteiger partial charge in [0.25, 0.3) is 0 Å². The van der Waals surface area contributed by atoms with Crippen LogP contribution in [-0.4, -0.2) is 35.1 Å². The van der Waals surface area contributed by atoms with Crippen molar-refractivity contribution in [3.63, 3.8) is 0 Å². The molecule has 0 aromatic heterocycles. The average molecular weight is 240 g/mol. The molecule has 1 aliphatic carbocycles. The van der Waals surface area contributed by atoms with Gasteiger partial charge < -0.3 is 15.7 Å². The van der Waals surface area contributed by atoms with Crippen LogP contribution >= 0.6 is 0 Å². The third kappa shape index (κ3) is 2.60. The van der Waals surface area contributed by atoms with Crippen LogP contribution < -0.4 is 10.6 Å². The summed E-state index contributed by atoms with van der Waals surface area (Å²) in [6.45, 7) is 0.845. The Morgan fingerprint density at radius 2 is 1.88 bits per heavy atom. The zero-order valence-electron chi connectivity index (χ0n) is 10.00. The van der Waals surface area contributed by atoms with E-state index in [1.54, 1.807) is 0 Å². The van der Waals surface area contributed by atoms with Gasteiger partial charge in [-0.05, 0) is 32.2 Å². The molecule has 1 amide bonds. The molecule has 3 N–H and O–H groups in total. The number of carboxylic acids is 1. The van der Waals surface area contributed by atoms with Crippen molar-refractivity contribution in [2.45, 2.75) is 56.5 Å². The molecule has 5 nitrogen and oxygen atoms in total. The SMILES string of the molecule is O=C(NC1(C(=O)O)CCCCC1)C1CCCN1. The van der Waals surface area contributed by atoms with Crippen LogP contribution in [0.2, 0.25) is 0 Å². The fourth-order valence-corrected chi connectivity index (χ4v) is 2.78. The van der Waals surface area contributed by atoms with E-state index in [1.807, 2.05) is 0 Å². The van der Waals surface area contributed by atoms with Gasteiger partial charge in [0.1, 0.15) is 5.54 Å². The van der Waals surface area contributed by atoms with Crippen molar-refractivity contribution in [1.82, 2.24) is 10.6 Å². The molecule has 96 valence electrons. The number of carboxylic acid groups (broad SMARTS) is 1. The molecular formula is C12H20N2O3. The van der Waals surface area contributed by atoms with E-state index in [0.717, 1.165) is 38.6 Å². The summed E-state index contributed by atoms with van der Waals surface area (Å²) in [4.78, 5) is 23.4. The van der Waals surface area contributed by atoms with Gasteiger partial charge in [0.05, 0.1) is 6.04 Å². The molecule has 0 radical (unpaired) electrons. The molecule has 0 aromatic rings. The number of rotatable bonds is 3. The van der Waals surface area contributed by atoms with Crippen molar-refractivity contribution in [3.05, 3.63) is 0 Å². The number of carbonyl (C=O) groups is 2. The Morgan fingerprint density at radius 1 is 1.18 bits per heavy atom. The van der Waals surface area contributed by atoms with Crippen LogP contribution in [0.25, 0.3) is 0 Å². The van der Waals surface area contributed by atoms with Crippen molar-refractivity contribution < 1.29 is 14.7 Å². The van der Waals surface area contributed by atoms with Gasteiger partial charge in [0, 0.05) is 0 Å². The molecule has 0 aromatic carbocycles. The van der Waals surface area contributed by atoms with Crippen molar-refractivity contribution >= 4 is 11.9 Å². The highest BCUT2D eigenvalue weighted by Crippen LogP contribution is 2.28. The smallest absolute Gasteiger partial charge is 0.329 e. The second kappa shape index (κ2) is 5.04. The summed E-state index contributed by atoms with van der Waals surface area (Å²) in [6.07, 6.45) is 5.73. The maximum absolute atomic E-state index is 12.0. The molecule has 1 aliphatic heterocycles. The second-order valence-corrected chi connectivity index (χ2v) is 5.09. The van der Waals surface area contributed by atoms with Gasteiger partial charge in [-0.3, -0.25) is 4.79 Å². The first-order valence-corrected chi connectivity index (χ1v) is 6.43. The molecule has 17 heavy (non-hydrogen) atoms. The van der Waals surface area contributed by atoms with E-state index in [2.05, 4.69) is 10.6 Å². The zero-order valence-corrected chi connectivity index (χ0v) is 10.00. The minimum absolute atomic E-state index is 0.146. The van der Waals surface area contributed by atoms with Crippen LogP contribution in [0.1, 0.15) is 44.9 Å². The molecule has 0 bridgehead atoms. The summed E-state index contributed by atoms with van der Waals surface area (Å²) in [7, 11) is 0. The Labute approximate surface area is 101 Å². The molecule has 1 atom stereocenters. The van der Waals surface area contributed by atoms with Crippen LogP contribution in [0, 0.1) is 0 Å². The Kier molecular flexibility index (Phi) is 3.66. The summed E-state index contributed by atoms with van der Waals surface area (Å²) < 4.78 is 0. The summed E-state index contributed by atoms with van der Waals surface area (Å²) in [5.74, 6) is -1.03. The van der Waals surface area contributed by atoms with Gasteiger partial charge in [0.2, 0.25) is 5.91 Å². The molecule has 2 aliphatic rings. The number of hydrogen-bond donors (Lipinski definition) is 3. The van der Waals surface area contributed by atoms with Gasteiger partial charge in [0.15, 0.2) is 0 Å². The molecule has 5 heteroatoms. The first kappa shape index (κ1) is 12.4. The number of amides is 1. The normalized spacial score (nSPS) is 27.6. The van der Waals surface area contributed by atoms with Crippen LogP contribution in [0.15, 0.2) is 0 Å². The van der Waals surface area contributed by atoms with Crippen molar-refractivity contribution in [2.24, 2.45) is 0 Å². The fraction of sp³-hybridized carbons (Fsp3) is 0.833. The lowest BCUT2D eigenvalue weighted by molar-refractivity contribution is -0.149. The Balaban J connectivity index is 2.01. The zero-order chi connectivity index (χ0) is 12.3. The maximum Gasteiger partial charge on any atom is 0.329 e. The predicted octanol–water partition coefficient (Wildman–Crippen LogP) is 0.642. The van der Waals surface area contributed by atoms with Crippen LogP contribution in [0.3, 0.4) is 0 Å². The van der Waals surface area contributed by atoms with Crippen LogP contribution in [-0.2, 0) is 9.59 Å². The minimum atomic E-state index is -1.01. The standard InChI is InChI=1S/C12H20N2O3/c15-10(9-5-4-8-13-9)14-12(11(16)17)6-2-1-3-7-12/h9,13H,1-8H2,(H,14,15)(H,16,17). The van der Waals surface area contributed by atoms with E-state index in [9.17, 15) is 14.7 Å². The minimum Gasteiger partial charge on any atom is -0.480 e. The lowest BCUT2D eigenvalue weighted by Crippen LogP contribution is -2.58. The first-order valence-electron chi connectivity index (χ1n) is 6.43. The molecule has 1 heterocycles. The Hall–Kier alpha value is -1.10. The van der Waals surface area contributed by atoms with Crippen LogP contribution in [0.4, 0.5) is 0 Å². The van der Waals surface area contributed by atoms with E-state index in [1.165, 1.54) is 0 Å². The van der Waals surface area contributed by atoms with E-state index in [0.29, 0.717) is 12.8 Å². The third-order valence-corrected chi connectivity index (χ3v) is 3.86. The highest BCUT2D eigenvalue weighted by atomic mass is 16.4. The maximum atomic E-state index is 12.0. The van der Waals surface area contributed by atoms with E-state index < -0.39 is 11.5 Å². The Bertz CT molecular complexity index is 305. The highest BCUT2D eigenvalue weighted by molar-refractivity contribution is 5.89. The molecular weight excluding hydrogens is 220 g/mol. The van der Waals surface area contributed by atoms with Gasteiger partial charge in [-0.15, -0.1) is 0 Å². The Morgan fingerprint density at radius 3 is 2.41 bits per heavy atom. The number of carbonyl (C=O) groups excluding carboxylic acids is 1. The molecule has 2 fully saturated rings. The lowest BCUT2D eigenvalue weighted by atomic mass is 9.81. The van der Waals surface area contributed by atoms with E-state index in [4.69, 9.17) is 0 Å². The van der Waals surface area contributed by atoms with Crippen molar-refractivity contribution in [1.29, 1.82) is 0 Å². The van der Waals surface area contributed by atoms with Crippen LogP contribution in [0.5, 0.6) is 0 Å². The topological polar surface area (TPSA) is 78.4 Å². The monoisotopic (exact) mass is 240 g/mol. The molecule has 1 unspecified atom stereocenters. The van der Waals surface area contributed by atoms with Gasteiger partial charge >= 0.3 is 5.97 Å². The predicted molar refractivity (Wildman–Crippen MR) is 62.6 cm³/mol. The van der Waals surface area contributed by atoms with E-state index in [-0.39, 0.29) is 11.9 Å². The van der Waals surface area contributed by atoms with Crippen molar-refractivity contribution in [3.8, 4) is 0 Å². The number of aliphatic carboxylic acids is 1. The number of nitrogens with one attached hydrogen (secondary N) is 2. The molecule has 1 saturated heterocycles. The molecule has 2 rings (SSSR count). The van der Waals surface area contributed by atoms with E-state index >= 15 is 0 Å². The lowest BCUT2D eigenvalue weighted by Gasteiger charge is -2.34. The highest BCUT2D eigenvalue weighted by Gasteiger charge is 2.42. The third-order valence-electron chi connectivity index (χ3n) is 3.86. The summed E-state index contributed by atoms with van der Waals surface area (Å²) in [5, 5.41) is 15.2. The summed E-state index contributed by atoms with van der Waals surface area (Å²) in [5.41, 5.74) is -1.01. The molecule has 1 saturated carbocycles. The fourth-order valence-electron chi connectivity index (χ4n) is 2.78. The average Bonchev–Trinajstić information content (AvgIpc) is 2.83. The second-order valence-electron chi connectivity index (χ2n) is 5.09. The first-order chi connectivity index (χ1) is 8.14. The quantitative estimate of drug-likeness (QED) is 0.676. The van der Waals surface area contributed by atoms with Gasteiger partial charge in [-0.25, -0.2) is 4.79 Å². The molecule has 0 spiro atoms. The summed E-state index contributed by atoms with van der Waals surface area (Å²) in [6, 6.07) is -0.201.